The maximum atomic E-state index is 6.34. The summed E-state index contributed by atoms with van der Waals surface area (Å²) in [6.07, 6.45) is 4.35. The molecule has 1 aliphatic rings. The van der Waals surface area contributed by atoms with Crippen LogP contribution in [-0.2, 0) is 0 Å². The van der Waals surface area contributed by atoms with Gasteiger partial charge in [0, 0.05) is 22.7 Å². The quantitative estimate of drug-likeness (QED) is 0.493. The normalized spacial score (nSPS) is 19.4. The molecule has 0 saturated carbocycles. The molecule has 1 N–H and O–H groups in total. The lowest BCUT2D eigenvalue weighted by Gasteiger charge is -2.29. The highest BCUT2D eigenvalue weighted by Crippen LogP contribution is 2.42. The van der Waals surface area contributed by atoms with Crippen LogP contribution >= 0.6 is 23.2 Å². The van der Waals surface area contributed by atoms with Crippen LogP contribution in [0, 0.1) is 18.9 Å². The zero-order valence-electron chi connectivity index (χ0n) is 16.0. The minimum atomic E-state index is 0.0711. The minimum Gasteiger partial charge on any atom is -0.359 e. The second-order valence-electron chi connectivity index (χ2n) is 7.52. The van der Waals surface area contributed by atoms with Gasteiger partial charge in [0.25, 0.3) is 0 Å². The molecule has 0 bridgehead atoms. The molecule has 8 heteroatoms. The number of anilines is 1. The van der Waals surface area contributed by atoms with Crippen molar-refractivity contribution >= 4 is 39.9 Å². The van der Waals surface area contributed by atoms with Gasteiger partial charge in [-0.1, -0.05) is 30.1 Å². The van der Waals surface area contributed by atoms with E-state index in [1.54, 1.807) is 23.3 Å². The Morgan fingerprint density at radius 2 is 1.93 bits per heavy atom. The molecule has 1 aliphatic heterocycles. The zero-order chi connectivity index (χ0) is 20.1. The molecule has 4 aromatic rings. The van der Waals surface area contributed by atoms with Crippen LogP contribution in [0.1, 0.15) is 30.8 Å². The number of H-pyrrole nitrogens is 1. The monoisotopic (exact) mass is 425 g/mol. The van der Waals surface area contributed by atoms with Crippen LogP contribution < -0.4 is 4.90 Å². The summed E-state index contributed by atoms with van der Waals surface area (Å²) >= 11 is 12.6. The molecule has 0 unspecified atom stereocenters. The van der Waals surface area contributed by atoms with Crippen molar-refractivity contribution in [2.75, 3.05) is 11.4 Å². The van der Waals surface area contributed by atoms with Gasteiger partial charge in [-0.2, -0.15) is 10.2 Å². The Bertz CT molecular complexity index is 1180. The highest BCUT2D eigenvalue weighted by atomic mass is 35.5. The number of fused-ring (bicyclic) bond motifs is 1. The first-order valence-electron chi connectivity index (χ1n) is 9.51. The van der Waals surface area contributed by atoms with E-state index in [1.165, 1.54) is 0 Å². The minimum absolute atomic E-state index is 0.0711. The Hall–Kier alpha value is -2.57. The Balaban J connectivity index is 1.64. The van der Waals surface area contributed by atoms with Crippen LogP contribution in [0.3, 0.4) is 0 Å². The average molecular weight is 426 g/mol. The number of hydrogen-bond acceptors (Lipinski definition) is 4. The number of halogens is 2. The second kappa shape index (κ2) is 7.04. The summed E-state index contributed by atoms with van der Waals surface area (Å²) in [6.45, 7) is 5.16. The van der Waals surface area contributed by atoms with Crippen molar-refractivity contribution in [1.82, 2.24) is 25.0 Å². The molecular weight excluding hydrogens is 407 g/mol. The number of aromatic nitrogens is 5. The molecule has 1 fully saturated rings. The summed E-state index contributed by atoms with van der Waals surface area (Å²) < 4.78 is 0. The molecule has 147 valence electrons. The highest BCUT2D eigenvalue weighted by molar-refractivity contribution is 6.31. The molecule has 3 heterocycles. The molecule has 29 heavy (non-hydrogen) atoms. The zero-order valence-corrected chi connectivity index (χ0v) is 17.5. The Morgan fingerprint density at radius 3 is 2.72 bits per heavy atom. The van der Waals surface area contributed by atoms with Gasteiger partial charge < -0.3 is 9.88 Å². The van der Waals surface area contributed by atoms with E-state index in [0.29, 0.717) is 16.0 Å². The Morgan fingerprint density at radius 1 is 1.14 bits per heavy atom. The van der Waals surface area contributed by atoms with Crippen molar-refractivity contribution in [2.24, 2.45) is 5.92 Å². The first kappa shape index (κ1) is 18.5. The lowest BCUT2D eigenvalue weighted by atomic mass is 10.0. The summed E-state index contributed by atoms with van der Waals surface area (Å²) in [6, 6.07) is 10.9. The average Bonchev–Trinajstić information content (AvgIpc) is 3.40. The maximum Gasteiger partial charge on any atom is 0.130 e. The van der Waals surface area contributed by atoms with E-state index < -0.39 is 0 Å². The third kappa shape index (κ3) is 3.16. The van der Waals surface area contributed by atoms with Crippen LogP contribution in [0.2, 0.25) is 10.0 Å². The van der Waals surface area contributed by atoms with Crippen molar-refractivity contribution in [3.05, 3.63) is 64.2 Å². The number of imidazole rings is 1. The first-order chi connectivity index (χ1) is 14.0. The van der Waals surface area contributed by atoms with E-state index in [1.807, 2.05) is 25.1 Å². The fourth-order valence-corrected chi connectivity index (χ4v) is 4.63. The maximum absolute atomic E-state index is 6.34. The highest BCUT2D eigenvalue weighted by Gasteiger charge is 2.36. The molecule has 2 aromatic carbocycles. The van der Waals surface area contributed by atoms with Crippen molar-refractivity contribution in [2.45, 2.75) is 26.3 Å². The molecule has 1 radical (unpaired) electrons. The first-order valence-corrected chi connectivity index (χ1v) is 10.3. The lowest BCUT2D eigenvalue weighted by molar-refractivity contribution is 0.513. The van der Waals surface area contributed by atoms with Gasteiger partial charge in [0.2, 0.25) is 0 Å². The summed E-state index contributed by atoms with van der Waals surface area (Å²) in [5, 5.41) is 9.91. The van der Waals surface area contributed by atoms with Gasteiger partial charge in [-0.25, -0.2) is 4.98 Å². The van der Waals surface area contributed by atoms with E-state index in [2.05, 4.69) is 33.1 Å². The third-order valence-electron chi connectivity index (χ3n) is 5.53. The third-order valence-corrected chi connectivity index (χ3v) is 5.97. The standard InChI is InChI=1S/C21H19Cl2N6/c1-12-5-8-28(18-11-14(22)3-4-17(18)29-24-6-7-25-29)20(12)21-26-16-10-15(23)9-13(2)19(16)27-21/h3,6-7,9-12,20H,5,8H2,1-2H3,(H,26,27)/t12-,20-/m0/s1. The van der Waals surface area contributed by atoms with Crippen molar-refractivity contribution in [3.8, 4) is 5.69 Å². The van der Waals surface area contributed by atoms with Gasteiger partial charge in [-0.05, 0) is 49.1 Å². The number of rotatable bonds is 3. The number of nitrogens with zero attached hydrogens (tertiary/aromatic N) is 5. The van der Waals surface area contributed by atoms with E-state index in [4.69, 9.17) is 28.2 Å². The molecule has 2 aromatic heterocycles. The van der Waals surface area contributed by atoms with Crippen molar-refractivity contribution < 1.29 is 0 Å². The fraction of sp³-hybridized carbons (Fsp3) is 0.286. The van der Waals surface area contributed by atoms with Crippen LogP contribution in [0.15, 0.2) is 36.7 Å². The van der Waals surface area contributed by atoms with Crippen LogP contribution in [-0.4, -0.2) is 31.5 Å². The SMILES string of the molecule is Cc1cc(Cl)cc2[nH]c([C@@H]3[C@@H](C)CCN3c3cc(Cl)c[c]c3-n3nccn3)nc12. The largest absolute Gasteiger partial charge is 0.359 e. The number of hydrogen-bond donors (Lipinski definition) is 1. The van der Waals surface area contributed by atoms with Crippen LogP contribution in [0.4, 0.5) is 5.69 Å². The van der Waals surface area contributed by atoms with Crippen molar-refractivity contribution in [3.63, 3.8) is 0 Å². The summed E-state index contributed by atoms with van der Waals surface area (Å²) in [5.41, 5.74) is 4.68. The predicted octanol–water partition coefficient (Wildman–Crippen LogP) is 5.15. The molecule has 0 amide bonds. The van der Waals surface area contributed by atoms with Gasteiger partial charge in [-0.3, -0.25) is 0 Å². The van der Waals surface area contributed by atoms with Gasteiger partial charge in [0.1, 0.15) is 11.5 Å². The molecular formula is C21H19Cl2N6. The molecule has 5 rings (SSSR count). The molecule has 2 atom stereocenters. The second-order valence-corrected chi connectivity index (χ2v) is 8.39. The van der Waals surface area contributed by atoms with Crippen LogP contribution in [0.5, 0.6) is 0 Å². The van der Waals surface area contributed by atoms with Gasteiger partial charge in [0.05, 0.1) is 35.2 Å². The predicted molar refractivity (Wildman–Crippen MR) is 115 cm³/mol. The van der Waals surface area contributed by atoms with E-state index in [-0.39, 0.29) is 6.04 Å². The summed E-state index contributed by atoms with van der Waals surface area (Å²) in [5.74, 6) is 1.33. The number of benzene rings is 2. The molecule has 0 spiro atoms. The molecule has 6 nitrogen and oxygen atoms in total. The van der Waals surface area contributed by atoms with Crippen molar-refractivity contribution in [1.29, 1.82) is 0 Å². The fourth-order valence-electron chi connectivity index (χ4n) is 4.20. The van der Waals surface area contributed by atoms with E-state index in [9.17, 15) is 0 Å². The molecule has 0 aliphatic carbocycles. The summed E-state index contributed by atoms with van der Waals surface area (Å²) in [7, 11) is 0. The number of aryl methyl sites for hydroxylation is 1. The summed E-state index contributed by atoms with van der Waals surface area (Å²) in [4.78, 5) is 12.3. The lowest BCUT2D eigenvalue weighted by Crippen LogP contribution is -2.27. The van der Waals surface area contributed by atoms with Crippen LogP contribution in [0.25, 0.3) is 16.7 Å². The van der Waals surface area contributed by atoms with E-state index in [0.717, 1.165) is 46.8 Å². The number of nitrogens with one attached hydrogen (secondary N) is 1. The Kier molecular flexibility index (Phi) is 4.48. The smallest absolute Gasteiger partial charge is 0.130 e. The number of aromatic amines is 1. The van der Waals surface area contributed by atoms with Gasteiger partial charge in [-0.15, -0.1) is 4.80 Å². The van der Waals surface area contributed by atoms with E-state index >= 15 is 0 Å². The Labute approximate surface area is 178 Å². The molecule has 1 saturated heterocycles. The van der Waals surface area contributed by atoms with Gasteiger partial charge in [0.15, 0.2) is 0 Å². The van der Waals surface area contributed by atoms with Gasteiger partial charge >= 0.3 is 0 Å². The topological polar surface area (TPSA) is 62.6 Å².